The van der Waals surface area contributed by atoms with Crippen LogP contribution in [0.4, 0.5) is 10.5 Å². The number of imidazole rings is 1. The monoisotopic (exact) mass is 391 g/mol. The van der Waals surface area contributed by atoms with Gasteiger partial charge in [0.15, 0.2) is 11.6 Å². The van der Waals surface area contributed by atoms with Crippen LogP contribution in [0.3, 0.4) is 0 Å². The molecule has 4 aromatic rings. The first-order valence-corrected chi connectivity index (χ1v) is 9.59. The Bertz CT molecular complexity index is 1150. The van der Waals surface area contributed by atoms with Gasteiger partial charge < -0.3 is 19.7 Å². The minimum absolute atomic E-state index is 0.167. The Balaban J connectivity index is 1.39. The van der Waals surface area contributed by atoms with Crippen LogP contribution in [0.1, 0.15) is 23.6 Å². The van der Waals surface area contributed by atoms with Crippen molar-refractivity contribution in [3.8, 4) is 11.5 Å². The van der Waals surface area contributed by atoms with Gasteiger partial charge in [0.25, 0.3) is 0 Å². The molecule has 1 aliphatic heterocycles. The maximum Gasteiger partial charge on any atom is 0.322 e. The fraction of sp³-hybridized carbons (Fsp3) is 0.300. The zero-order chi connectivity index (χ0) is 20.0. The maximum atomic E-state index is 12.8. The average molecular weight is 391 g/mol. The summed E-state index contributed by atoms with van der Waals surface area (Å²) in [4.78, 5) is 22.6. The Morgan fingerprint density at radius 2 is 2.10 bits per heavy atom. The van der Waals surface area contributed by atoms with E-state index < -0.39 is 0 Å². The van der Waals surface area contributed by atoms with Gasteiger partial charge in [0.2, 0.25) is 0 Å². The highest BCUT2D eigenvalue weighted by molar-refractivity contribution is 5.90. The minimum Gasteiger partial charge on any atom is -0.359 e. The molecule has 29 heavy (non-hydrogen) atoms. The van der Waals surface area contributed by atoms with Crippen LogP contribution in [0.2, 0.25) is 0 Å². The molecule has 0 atom stereocenters. The Hall–Kier alpha value is -3.62. The van der Waals surface area contributed by atoms with Gasteiger partial charge in [-0.05, 0) is 38.5 Å². The number of urea groups is 1. The van der Waals surface area contributed by atoms with E-state index in [1.165, 1.54) is 0 Å². The number of amides is 2. The third kappa shape index (κ3) is 3.14. The third-order valence-electron chi connectivity index (χ3n) is 5.20. The fourth-order valence-corrected chi connectivity index (χ4v) is 3.67. The van der Waals surface area contributed by atoms with E-state index in [4.69, 9.17) is 9.62 Å². The molecule has 0 radical (unpaired) electrons. The van der Waals surface area contributed by atoms with Gasteiger partial charge in [-0.15, -0.1) is 0 Å². The molecule has 148 valence electrons. The molecule has 0 aliphatic carbocycles. The van der Waals surface area contributed by atoms with Crippen molar-refractivity contribution in [3.63, 3.8) is 0 Å². The number of nitrogens with zero attached hydrogens (tertiary/aromatic N) is 5. The number of aryl methyl sites for hydroxylation is 3. The van der Waals surface area contributed by atoms with Gasteiger partial charge in [0.05, 0.1) is 23.3 Å². The van der Waals surface area contributed by atoms with Gasteiger partial charge >= 0.3 is 6.03 Å². The second-order valence-electron chi connectivity index (χ2n) is 7.25. The Labute approximate surface area is 166 Å². The lowest BCUT2D eigenvalue weighted by atomic mass is 10.3. The predicted molar refractivity (Wildman–Crippen MR) is 107 cm³/mol. The van der Waals surface area contributed by atoms with Gasteiger partial charge in [-0.1, -0.05) is 17.3 Å². The van der Waals surface area contributed by atoms with Crippen molar-refractivity contribution in [3.05, 3.63) is 47.5 Å². The second kappa shape index (κ2) is 6.77. The van der Waals surface area contributed by atoms with Crippen LogP contribution < -0.4 is 5.32 Å². The van der Waals surface area contributed by atoms with Crippen LogP contribution in [-0.2, 0) is 13.1 Å². The smallest absolute Gasteiger partial charge is 0.322 e. The molecule has 0 bridgehead atoms. The normalized spacial score (nSPS) is 14.1. The molecule has 0 saturated heterocycles. The first-order chi connectivity index (χ1) is 14.1. The molecule has 9 heteroatoms. The zero-order valence-corrected chi connectivity index (χ0v) is 16.3. The highest BCUT2D eigenvalue weighted by Crippen LogP contribution is 2.24. The Morgan fingerprint density at radius 3 is 2.90 bits per heavy atom. The van der Waals surface area contributed by atoms with Crippen molar-refractivity contribution in [1.82, 2.24) is 29.8 Å². The van der Waals surface area contributed by atoms with Crippen molar-refractivity contribution < 1.29 is 9.32 Å². The number of benzene rings is 1. The highest BCUT2D eigenvalue weighted by Gasteiger charge is 2.23. The first kappa shape index (κ1) is 17.5. The molecule has 0 unspecified atom stereocenters. The van der Waals surface area contributed by atoms with E-state index in [2.05, 4.69) is 20.4 Å². The van der Waals surface area contributed by atoms with E-state index >= 15 is 0 Å². The van der Waals surface area contributed by atoms with Gasteiger partial charge in [-0.2, -0.15) is 5.10 Å². The molecular weight excluding hydrogens is 370 g/mol. The molecule has 1 aliphatic rings. The third-order valence-corrected chi connectivity index (χ3v) is 5.20. The lowest BCUT2D eigenvalue weighted by molar-refractivity contribution is 0.210. The Morgan fingerprint density at radius 1 is 1.24 bits per heavy atom. The van der Waals surface area contributed by atoms with E-state index in [0.29, 0.717) is 30.2 Å². The molecule has 0 spiro atoms. The number of aromatic amines is 1. The number of H-pyrrole nitrogens is 1. The summed E-state index contributed by atoms with van der Waals surface area (Å²) in [6.45, 7) is 5.47. The SMILES string of the molecule is Cc1noc(C)c1NC(=O)N1CCCn2nc(-c3nc4ccccc4[nH]3)cc2C1. The van der Waals surface area contributed by atoms with E-state index in [9.17, 15) is 4.79 Å². The quantitative estimate of drug-likeness (QED) is 0.544. The Kier molecular flexibility index (Phi) is 4.08. The summed E-state index contributed by atoms with van der Waals surface area (Å²) in [6, 6.07) is 9.73. The number of aromatic nitrogens is 5. The summed E-state index contributed by atoms with van der Waals surface area (Å²) < 4.78 is 7.10. The molecule has 5 rings (SSSR count). The van der Waals surface area contributed by atoms with Crippen LogP contribution in [0.15, 0.2) is 34.9 Å². The maximum absolute atomic E-state index is 12.8. The summed E-state index contributed by atoms with van der Waals surface area (Å²) in [7, 11) is 0. The van der Waals surface area contributed by atoms with Crippen molar-refractivity contribution in [2.24, 2.45) is 0 Å². The lowest BCUT2D eigenvalue weighted by Crippen LogP contribution is -2.34. The minimum atomic E-state index is -0.167. The summed E-state index contributed by atoms with van der Waals surface area (Å²) in [5.74, 6) is 1.33. The number of anilines is 1. The topological polar surface area (TPSA) is 105 Å². The van der Waals surface area contributed by atoms with Crippen LogP contribution in [0, 0.1) is 13.8 Å². The van der Waals surface area contributed by atoms with Crippen molar-refractivity contribution in [2.75, 3.05) is 11.9 Å². The molecule has 0 saturated carbocycles. The number of hydrogen-bond donors (Lipinski definition) is 2. The highest BCUT2D eigenvalue weighted by atomic mass is 16.5. The summed E-state index contributed by atoms with van der Waals surface area (Å²) >= 11 is 0. The first-order valence-electron chi connectivity index (χ1n) is 9.59. The zero-order valence-electron chi connectivity index (χ0n) is 16.3. The van der Waals surface area contributed by atoms with Gasteiger partial charge in [-0.3, -0.25) is 4.68 Å². The molecule has 2 amide bonds. The number of carbonyl (C=O) groups excluding carboxylic acids is 1. The van der Waals surface area contributed by atoms with Crippen LogP contribution in [0.25, 0.3) is 22.6 Å². The second-order valence-corrected chi connectivity index (χ2v) is 7.25. The summed E-state index contributed by atoms with van der Waals surface area (Å²) in [5, 5.41) is 11.5. The number of nitrogens with one attached hydrogen (secondary N) is 2. The van der Waals surface area contributed by atoms with E-state index in [1.807, 2.05) is 41.9 Å². The number of rotatable bonds is 2. The summed E-state index contributed by atoms with van der Waals surface area (Å²) in [5.41, 5.74) is 4.95. The predicted octanol–water partition coefficient (Wildman–Crippen LogP) is 3.47. The van der Waals surface area contributed by atoms with Gasteiger partial charge in [-0.25, -0.2) is 9.78 Å². The molecule has 3 aromatic heterocycles. The number of carbonyl (C=O) groups is 1. The molecule has 0 fully saturated rings. The average Bonchev–Trinajstić information content (AvgIpc) is 3.37. The van der Waals surface area contributed by atoms with Gasteiger partial charge in [0.1, 0.15) is 17.1 Å². The lowest BCUT2D eigenvalue weighted by Gasteiger charge is -2.20. The van der Waals surface area contributed by atoms with Crippen molar-refractivity contribution >= 4 is 22.8 Å². The van der Waals surface area contributed by atoms with Crippen molar-refractivity contribution in [2.45, 2.75) is 33.4 Å². The van der Waals surface area contributed by atoms with Crippen molar-refractivity contribution in [1.29, 1.82) is 0 Å². The number of fused-ring (bicyclic) bond motifs is 2. The van der Waals surface area contributed by atoms with Crippen LogP contribution in [0.5, 0.6) is 0 Å². The molecule has 9 nitrogen and oxygen atoms in total. The largest absolute Gasteiger partial charge is 0.359 e. The fourth-order valence-electron chi connectivity index (χ4n) is 3.67. The molecule has 4 heterocycles. The number of para-hydroxylation sites is 2. The molecular formula is C20H21N7O2. The standard InChI is InChI=1S/C20H21N7O2/c1-12-18(13(2)29-25-12)23-20(28)26-8-5-9-27-14(11-26)10-17(24-27)19-21-15-6-3-4-7-16(15)22-19/h3-4,6-7,10H,5,8-9,11H2,1-2H3,(H,21,22)(H,23,28). The summed E-state index contributed by atoms with van der Waals surface area (Å²) in [6.07, 6.45) is 0.823. The van der Waals surface area contributed by atoms with E-state index in [0.717, 1.165) is 41.2 Å². The molecule has 2 N–H and O–H groups in total. The van der Waals surface area contributed by atoms with Crippen LogP contribution >= 0.6 is 0 Å². The number of hydrogen-bond acceptors (Lipinski definition) is 5. The van der Waals surface area contributed by atoms with E-state index in [-0.39, 0.29) is 6.03 Å². The van der Waals surface area contributed by atoms with Crippen LogP contribution in [-0.4, -0.2) is 42.4 Å². The van der Waals surface area contributed by atoms with Gasteiger partial charge in [0, 0.05) is 13.1 Å². The molecule has 1 aromatic carbocycles. The van der Waals surface area contributed by atoms with E-state index in [1.54, 1.807) is 11.8 Å².